The van der Waals surface area contributed by atoms with Gasteiger partial charge in [0.2, 0.25) is 0 Å². The first-order valence-corrected chi connectivity index (χ1v) is 5.24. The highest BCUT2D eigenvalue weighted by molar-refractivity contribution is 4.84. The Balaban J connectivity index is 2.39. The Hall–Kier alpha value is -0.0400. The predicted molar refractivity (Wildman–Crippen MR) is 52.0 cm³/mol. The molecular weight excluding hydrogens is 148 g/mol. The van der Waals surface area contributed by atoms with Gasteiger partial charge in [0.1, 0.15) is 0 Å². The van der Waals surface area contributed by atoms with E-state index in [9.17, 15) is 5.11 Å². The molecule has 0 unspecified atom stereocenters. The van der Waals surface area contributed by atoms with Gasteiger partial charge in [-0.2, -0.15) is 0 Å². The Morgan fingerprint density at radius 3 is 2.25 bits per heavy atom. The number of aliphatic hydroxyl groups is 1. The largest absolute Gasteiger partial charge is 0.390 e. The van der Waals surface area contributed by atoms with Crippen LogP contribution in [0.5, 0.6) is 0 Å². The monoisotopic (exact) mass is 170 g/mol. The maximum Gasteiger partial charge on any atom is 0.0650 e. The van der Waals surface area contributed by atoms with E-state index in [0.29, 0.717) is 5.92 Å². The van der Waals surface area contributed by atoms with Gasteiger partial charge >= 0.3 is 0 Å². The fraction of sp³-hybridized carbons (Fsp3) is 1.00. The molecule has 0 heterocycles. The van der Waals surface area contributed by atoms with Gasteiger partial charge in [-0.3, -0.25) is 0 Å². The van der Waals surface area contributed by atoms with Crippen LogP contribution in [-0.2, 0) is 0 Å². The minimum Gasteiger partial charge on any atom is -0.390 e. The van der Waals surface area contributed by atoms with Crippen molar-refractivity contribution in [1.29, 1.82) is 0 Å². The Kier molecular flexibility index (Phi) is 3.16. The summed E-state index contributed by atoms with van der Waals surface area (Å²) in [6.07, 6.45) is 5.45. The van der Waals surface area contributed by atoms with E-state index in [2.05, 4.69) is 20.8 Å². The highest BCUT2D eigenvalue weighted by atomic mass is 16.3. The molecule has 72 valence electrons. The molecule has 12 heavy (non-hydrogen) atoms. The van der Waals surface area contributed by atoms with Gasteiger partial charge in [0.25, 0.3) is 0 Å². The first-order chi connectivity index (χ1) is 5.52. The van der Waals surface area contributed by atoms with Crippen molar-refractivity contribution in [2.24, 2.45) is 11.8 Å². The van der Waals surface area contributed by atoms with E-state index in [1.165, 1.54) is 12.8 Å². The van der Waals surface area contributed by atoms with Gasteiger partial charge in [-0.25, -0.2) is 0 Å². The molecule has 0 saturated heterocycles. The Morgan fingerprint density at radius 2 is 1.83 bits per heavy atom. The lowest BCUT2D eigenvalue weighted by molar-refractivity contribution is -0.0239. The van der Waals surface area contributed by atoms with Crippen molar-refractivity contribution in [3.05, 3.63) is 0 Å². The molecule has 0 amide bonds. The van der Waals surface area contributed by atoms with Crippen molar-refractivity contribution in [2.45, 2.75) is 58.5 Å². The third-order valence-electron chi connectivity index (χ3n) is 2.99. The van der Waals surface area contributed by atoms with E-state index in [4.69, 9.17) is 0 Å². The molecule has 0 atom stereocenters. The highest BCUT2D eigenvalue weighted by Crippen LogP contribution is 2.35. The van der Waals surface area contributed by atoms with Crippen molar-refractivity contribution >= 4 is 0 Å². The predicted octanol–water partition coefficient (Wildman–Crippen LogP) is 2.97. The van der Waals surface area contributed by atoms with Gasteiger partial charge in [-0.15, -0.1) is 0 Å². The molecule has 0 aliphatic heterocycles. The summed E-state index contributed by atoms with van der Waals surface area (Å²) >= 11 is 0. The molecule has 1 nitrogen and oxygen atoms in total. The summed E-state index contributed by atoms with van der Waals surface area (Å²) in [6, 6.07) is 0. The second kappa shape index (κ2) is 3.78. The van der Waals surface area contributed by atoms with Gasteiger partial charge in [0.05, 0.1) is 5.60 Å². The zero-order valence-corrected chi connectivity index (χ0v) is 8.64. The van der Waals surface area contributed by atoms with Crippen LogP contribution < -0.4 is 0 Å². The lowest BCUT2D eigenvalue weighted by atomic mass is 9.76. The smallest absolute Gasteiger partial charge is 0.0650 e. The van der Waals surface area contributed by atoms with Crippen molar-refractivity contribution in [1.82, 2.24) is 0 Å². The molecule has 1 aliphatic rings. The van der Waals surface area contributed by atoms with Crippen molar-refractivity contribution < 1.29 is 5.11 Å². The molecule has 1 rings (SSSR count). The van der Waals surface area contributed by atoms with Crippen molar-refractivity contribution in [2.75, 3.05) is 0 Å². The van der Waals surface area contributed by atoms with E-state index in [1.54, 1.807) is 0 Å². The van der Waals surface area contributed by atoms with Crippen molar-refractivity contribution in [3.8, 4) is 0 Å². The molecule has 1 heteroatoms. The normalized spacial score (nSPS) is 37.2. The molecule has 1 N–H and O–H groups in total. The van der Waals surface area contributed by atoms with Gasteiger partial charge in [-0.1, -0.05) is 20.8 Å². The maximum atomic E-state index is 10.2. The SMILES string of the molecule is CC(C)CC1(O)CCC(C)CC1. The van der Waals surface area contributed by atoms with Gasteiger partial charge in [-0.05, 0) is 43.9 Å². The third-order valence-corrected chi connectivity index (χ3v) is 2.99. The summed E-state index contributed by atoms with van der Waals surface area (Å²) in [5.41, 5.74) is -0.319. The minimum atomic E-state index is -0.319. The summed E-state index contributed by atoms with van der Waals surface area (Å²) in [7, 11) is 0. The van der Waals surface area contributed by atoms with Crippen LogP contribution in [0.4, 0.5) is 0 Å². The van der Waals surface area contributed by atoms with Crippen LogP contribution in [-0.4, -0.2) is 10.7 Å². The lowest BCUT2D eigenvalue weighted by Gasteiger charge is -2.36. The van der Waals surface area contributed by atoms with E-state index in [1.807, 2.05) is 0 Å². The topological polar surface area (TPSA) is 20.2 Å². The van der Waals surface area contributed by atoms with Gasteiger partial charge < -0.3 is 5.11 Å². The summed E-state index contributed by atoms with van der Waals surface area (Å²) in [5, 5.41) is 10.2. The van der Waals surface area contributed by atoms with Crippen LogP contribution in [0.25, 0.3) is 0 Å². The van der Waals surface area contributed by atoms with Crippen LogP contribution in [0.2, 0.25) is 0 Å². The average molecular weight is 170 g/mol. The molecule has 0 spiro atoms. The molecular formula is C11H22O. The minimum absolute atomic E-state index is 0.319. The standard InChI is InChI=1S/C11H22O/c1-9(2)8-11(12)6-4-10(3)5-7-11/h9-10,12H,4-8H2,1-3H3. The first-order valence-electron chi connectivity index (χ1n) is 5.24. The summed E-state index contributed by atoms with van der Waals surface area (Å²) in [5.74, 6) is 1.46. The summed E-state index contributed by atoms with van der Waals surface area (Å²) < 4.78 is 0. The van der Waals surface area contributed by atoms with Crippen LogP contribution in [0.3, 0.4) is 0 Å². The molecule has 1 fully saturated rings. The summed E-state index contributed by atoms with van der Waals surface area (Å²) in [4.78, 5) is 0. The zero-order chi connectivity index (χ0) is 9.19. The van der Waals surface area contributed by atoms with Crippen LogP contribution >= 0.6 is 0 Å². The van der Waals surface area contributed by atoms with Crippen LogP contribution in [0.1, 0.15) is 52.9 Å². The Bertz CT molecular complexity index is 132. The lowest BCUT2D eigenvalue weighted by Crippen LogP contribution is -2.34. The highest BCUT2D eigenvalue weighted by Gasteiger charge is 2.31. The molecule has 1 aliphatic carbocycles. The van der Waals surface area contributed by atoms with Crippen LogP contribution in [0.15, 0.2) is 0 Å². The fourth-order valence-electron chi connectivity index (χ4n) is 2.26. The van der Waals surface area contributed by atoms with Gasteiger partial charge in [0.15, 0.2) is 0 Å². The average Bonchev–Trinajstić information content (AvgIpc) is 1.94. The molecule has 0 aromatic carbocycles. The van der Waals surface area contributed by atoms with E-state index >= 15 is 0 Å². The molecule has 0 radical (unpaired) electrons. The second-order valence-electron chi connectivity index (χ2n) is 5.00. The molecule has 1 saturated carbocycles. The maximum absolute atomic E-state index is 10.2. The zero-order valence-electron chi connectivity index (χ0n) is 8.64. The third kappa shape index (κ3) is 2.78. The quantitative estimate of drug-likeness (QED) is 0.675. The van der Waals surface area contributed by atoms with Gasteiger partial charge in [0, 0.05) is 0 Å². The van der Waals surface area contributed by atoms with Crippen molar-refractivity contribution in [3.63, 3.8) is 0 Å². The van der Waals surface area contributed by atoms with E-state index < -0.39 is 0 Å². The molecule has 0 bridgehead atoms. The number of hydrogen-bond donors (Lipinski definition) is 1. The first kappa shape index (κ1) is 10.0. The molecule has 0 aromatic heterocycles. The number of rotatable bonds is 2. The second-order valence-corrected chi connectivity index (χ2v) is 5.00. The van der Waals surface area contributed by atoms with Crippen LogP contribution in [0, 0.1) is 11.8 Å². The number of hydrogen-bond acceptors (Lipinski definition) is 1. The Labute approximate surface area is 76.2 Å². The van der Waals surface area contributed by atoms with E-state index in [-0.39, 0.29) is 5.60 Å². The Morgan fingerprint density at radius 1 is 1.33 bits per heavy atom. The van der Waals surface area contributed by atoms with E-state index in [0.717, 1.165) is 25.2 Å². The fourth-order valence-corrected chi connectivity index (χ4v) is 2.26. The molecule has 0 aromatic rings. The summed E-state index contributed by atoms with van der Waals surface area (Å²) in [6.45, 7) is 6.67.